The maximum Gasteiger partial charge on any atom is 0.108 e. The molecule has 4 nitrogen and oxygen atoms in total. The molecule has 0 amide bonds. The Morgan fingerprint density at radius 3 is 2.62 bits per heavy atom. The first-order valence-corrected chi connectivity index (χ1v) is 4.87. The van der Waals surface area contributed by atoms with E-state index < -0.39 is 0 Å². The van der Waals surface area contributed by atoms with Gasteiger partial charge in [0.05, 0.1) is 12.6 Å². The van der Waals surface area contributed by atoms with Crippen LogP contribution in [0.15, 0.2) is 0 Å². The molecule has 1 unspecified atom stereocenters. The summed E-state index contributed by atoms with van der Waals surface area (Å²) in [5, 5.41) is 16.2. The molecule has 0 aliphatic heterocycles. The number of amidine groups is 1. The Bertz CT molecular complexity index is 180. The van der Waals surface area contributed by atoms with E-state index in [1.807, 2.05) is 6.92 Å². The quantitative estimate of drug-likeness (QED) is 0.422. The van der Waals surface area contributed by atoms with Gasteiger partial charge in [0, 0.05) is 12.6 Å². The summed E-state index contributed by atoms with van der Waals surface area (Å²) >= 11 is 0. The molecule has 1 atom stereocenters. The van der Waals surface area contributed by atoms with Crippen molar-refractivity contribution < 1.29 is 5.11 Å². The summed E-state index contributed by atoms with van der Waals surface area (Å²) in [5.41, 5.74) is 5.44. The molecule has 76 valence electrons. The zero-order valence-electron chi connectivity index (χ0n) is 8.16. The number of nitrogens with one attached hydrogen (secondary N) is 1. The molecule has 0 spiro atoms. The second-order valence-corrected chi connectivity index (χ2v) is 3.68. The van der Waals surface area contributed by atoms with Crippen LogP contribution in [0.1, 0.15) is 26.2 Å². The number of hydrogen-bond donors (Lipinski definition) is 3. The van der Waals surface area contributed by atoms with Crippen molar-refractivity contribution in [2.75, 3.05) is 13.2 Å². The van der Waals surface area contributed by atoms with Crippen LogP contribution in [0.3, 0.4) is 0 Å². The number of aliphatic hydroxyl groups is 1. The van der Waals surface area contributed by atoms with Gasteiger partial charge in [0.15, 0.2) is 0 Å². The predicted octanol–water partition coefficient (Wildman–Crippen LogP) is 0.158. The molecule has 1 fully saturated rings. The molecular formula is C9H19N3O. The summed E-state index contributed by atoms with van der Waals surface area (Å²) in [6, 6.07) is 0.503. The number of aliphatic hydroxyl groups excluding tert-OH is 1. The molecule has 0 radical (unpaired) electrons. The minimum Gasteiger partial charge on any atom is -0.395 e. The summed E-state index contributed by atoms with van der Waals surface area (Å²) in [6.45, 7) is 2.70. The Balaban J connectivity index is 2.49. The highest BCUT2D eigenvalue weighted by Gasteiger charge is 2.28. The lowest BCUT2D eigenvalue weighted by atomic mass is 9.90. The molecule has 0 aromatic carbocycles. The van der Waals surface area contributed by atoms with E-state index in [0.717, 1.165) is 0 Å². The Kier molecular flexibility index (Phi) is 3.69. The van der Waals surface area contributed by atoms with Crippen molar-refractivity contribution in [1.82, 2.24) is 4.90 Å². The molecular weight excluding hydrogens is 166 g/mol. The van der Waals surface area contributed by atoms with Gasteiger partial charge in [0.2, 0.25) is 0 Å². The van der Waals surface area contributed by atoms with Crippen molar-refractivity contribution in [1.29, 1.82) is 5.41 Å². The lowest BCUT2D eigenvalue weighted by molar-refractivity contribution is 0.0886. The van der Waals surface area contributed by atoms with Gasteiger partial charge in [-0.3, -0.25) is 10.3 Å². The van der Waals surface area contributed by atoms with E-state index in [1.165, 1.54) is 19.3 Å². The molecule has 0 heterocycles. The van der Waals surface area contributed by atoms with Crippen LogP contribution >= 0.6 is 0 Å². The summed E-state index contributed by atoms with van der Waals surface area (Å²) < 4.78 is 0. The summed E-state index contributed by atoms with van der Waals surface area (Å²) in [5.74, 6) is 0.195. The van der Waals surface area contributed by atoms with Gasteiger partial charge < -0.3 is 10.8 Å². The molecule has 1 saturated carbocycles. The highest BCUT2D eigenvalue weighted by Crippen LogP contribution is 2.25. The number of nitrogens with two attached hydrogens (primary N) is 1. The van der Waals surface area contributed by atoms with Gasteiger partial charge in [-0.05, 0) is 19.8 Å². The smallest absolute Gasteiger partial charge is 0.108 e. The lowest BCUT2D eigenvalue weighted by Crippen LogP contribution is -2.51. The van der Waals surface area contributed by atoms with Gasteiger partial charge in [0.1, 0.15) is 5.84 Å². The predicted molar refractivity (Wildman–Crippen MR) is 52.8 cm³/mol. The first-order valence-electron chi connectivity index (χ1n) is 4.87. The molecule has 1 aliphatic rings. The van der Waals surface area contributed by atoms with E-state index in [1.54, 1.807) is 0 Å². The van der Waals surface area contributed by atoms with Crippen LogP contribution in [0.4, 0.5) is 0 Å². The largest absolute Gasteiger partial charge is 0.395 e. The maximum atomic E-state index is 8.88. The third-order valence-corrected chi connectivity index (χ3v) is 2.85. The lowest BCUT2D eigenvalue weighted by Gasteiger charge is -2.40. The molecule has 1 aliphatic carbocycles. The topological polar surface area (TPSA) is 73.3 Å². The molecule has 0 saturated heterocycles. The normalized spacial score (nSPS) is 19.9. The minimum atomic E-state index is -0.0301. The number of nitrogens with zero attached hydrogens (tertiary/aromatic N) is 1. The third kappa shape index (κ3) is 2.42. The molecule has 1 rings (SSSR count). The van der Waals surface area contributed by atoms with E-state index in [0.29, 0.717) is 12.6 Å². The minimum absolute atomic E-state index is 0.0301. The fourth-order valence-corrected chi connectivity index (χ4v) is 1.70. The van der Waals surface area contributed by atoms with Crippen molar-refractivity contribution in [2.24, 2.45) is 5.73 Å². The van der Waals surface area contributed by atoms with Crippen molar-refractivity contribution >= 4 is 5.84 Å². The van der Waals surface area contributed by atoms with Gasteiger partial charge in [-0.1, -0.05) is 6.42 Å². The van der Waals surface area contributed by atoms with Crippen molar-refractivity contribution in [3.8, 4) is 0 Å². The van der Waals surface area contributed by atoms with E-state index in [-0.39, 0.29) is 18.5 Å². The fraction of sp³-hybridized carbons (Fsp3) is 0.889. The van der Waals surface area contributed by atoms with E-state index in [2.05, 4.69) is 4.90 Å². The molecule has 0 aromatic heterocycles. The van der Waals surface area contributed by atoms with E-state index >= 15 is 0 Å². The summed E-state index contributed by atoms with van der Waals surface area (Å²) in [6.07, 6.45) is 3.62. The van der Waals surface area contributed by atoms with Gasteiger partial charge in [-0.15, -0.1) is 0 Å². The summed E-state index contributed by atoms with van der Waals surface area (Å²) in [4.78, 5) is 2.13. The second kappa shape index (κ2) is 4.58. The van der Waals surface area contributed by atoms with Crippen LogP contribution in [0.2, 0.25) is 0 Å². The standard InChI is InChI=1S/C9H19N3O/c1-7(9(10)11)12(5-6-13)8-3-2-4-8/h7-8,13H,2-6H2,1H3,(H3,10,11). The number of hydrogen-bond acceptors (Lipinski definition) is 3. The van der Waals surface area contributed by atoms with Gasteiger partial charge in [-0.25, -0.2) is 0 Å². The van der Waals surface area contributed by atoms with Crippen LogP contribution < -0.4 is 5.73 Å². The Morgan fingerprint density at radius 1 is 1.69 bits per heavy atom. The Hall–Kier alpha value is -0.610. The Morgan fingerprint density at radius 2 is 2.31 bits per heavy atom. The van der Waals surface area contributed by atoms with Crippen LogP contribution in [0, 0.1) is 5.41 Å². The van der Waals surface area contributed by atoms with E-state index in [9.17, 15) is 0 Å². The van der Waals surface area contributed by atoms with E-state index in [4.69, 9.17) is 16.2 Å². The van der Waals surface area contributed by atoms with Crippen LogP contribution in [-0.2, 0) is 0 Å². The third-order valence-electron chi connectivity index (χ3n) is 2.85. The van der Waals surface area contributed by atoms with Gasteiger partial charge in [0.25, 0.3) is 0 Å². The second-order valence-electron chi connectivity index (χ2n) is 3.68. The molecule has 4 N–H and O–H groups in total. The first-order chi connectivity index (χ1) is 6.16. The molecule has 4 heteroatoms. The van der Waals surface area contributed by atoms with Gasteiger partial charge >= 0.3 is 0 Å². The van der Waals surface area contributed by atoms with Crippen molar-refractivity contribution in [3.05, 3.63) is 0 Å². The first kappa shape index (κ1) is 10.5. The highest BCUT2D eigenvalue weighted by molar-refractivity contribution is 5.82. The van der Waals surface area contributed by atoms with Crippen molar-refractivity contribution in [2.45, 2.75) is 38.3 Å². The van der Waals surface area contributed by atoms with Crippen LogP contribution in [0.25, 0.3) is 0 Å². The average Bonchev–Trinajstić information content (AvgIpc) is 1.99. The van der Waals surface area contributed by atoms with Crippen LogP contribution in [0.5, 0.6) is 0 Å². The number of rotatable bonds is 5. The Labute approximate surface area is 79.2 Å². The SMILES string of the molecule is CC(C(=N)N)N(CCO)C1CCC1. The highest BCUT2D eigenvalue weighted by atomic mass is 16.3. The zero-order chi connectivity index (χ0) is 9.84. The molecule has 13 heavy (non-hydrogen) atoms. The van der Waals surface area contributed by atoms with Crippen LogP contribution in [-0.4, -0.2) is 41.1 Å². The zero-order valence-corrected chi connectivity index (χ0v) is 8.16. The monoisotopic (exact) mass is 185 g/mol. The summed E-state index contributed by atoms with van der Waals surface area (Å²) in [7, 11) is 0. The fourth-order valence-electron chi connectivity index (χ4n) is 1.70. The molecule has 0 aromatic rings. The molecule has 0 bridgehead atoms. The maximum absolute atomic E-state index is 8.88. The van der Waals surface area contributed by atoms with Gasteiger partial charge in [-0.2, -0.15) is 0 Å². The van der Waals surface area contributed by atoms with Crippen molar-refractivity contribution in [3.63, 3.8) is 0 Å². The average molecular weight is 185 g/mol.